The van der Waals surface area contributed by atoms with Gasteiger partial charge in [-0.15, -0.1) is 0 Å². The molecule has 1 aromatic carbocycles. The summed E-state index contributed by atoms with van der Waals surface area (Å²) >= 11 is 0. The topological polar surface area (TPSA) is 55.2 Å². The van der Waals surface area contributed by atoms with E-state index in [2.05, 4.69) is 12.2 Å². The number of hydrogen-bond acceptors (Lipinski definition) is 3. The van der Waals surface area contributed by atoms with E-state index >= 15 is 0 Å². The number of nitro groups is 1. The molecule has 0 saturated heterocycles. The van der Waals surface area contributed by atoms with Crippen LogP contribution in [0.3, 0.4) is 0 Å². The number of benzene rings is 1. The zero-order valence-corrected chi connectivity index (χ0v) is 10.3. The summed E-state index contributed by atoms with van der Waals surface area (Å²) in [5, 5.41) is 14.0. The first-order valence-corrected chi connectivity index (χ1v) is 6.07. The number of aryl methyl sites for hydroxylation is 1. The molecule has 4 nitrogen and oxygen atoms in total. The molecule has 1 aliphatic rings. The Balaban J connectivity index is 1.98. The van der Waals surface area contributed by atoms with E-state index in [0.29, 0.717) is 5.92 Å². The SMILES string of the molecule is Cc1cc([N+](=O)[O-])ccc1NCC(C)C1CC1. The van der Waals surface area contributed by atoms with Gasteiger partial charge in [0.25, 0.3) is 5.69 Å². The van der Waals surface area contributed by atoms with Crippen LogP contribution >= 0.6 is 0 Å². The summed E-state index contributed by atoms with van der Waals surface area (Å²) in [5.41, 5.74) is 2.09. The Labute approximate surface area is 101 Å². The lowest BCUT2D eigenvalue weighted by molar-refractivity contribution is -0.384. The van der Waals surface area contributed by atoms with Crippen LogP contribution in [0.4, 0.5) is 11.4 Å². The van der Waals surface area contributed by atoms with Crippen molar-refractivity contribution in [3.05, 3.63) is 33.9 Å². The van der Waals surface area contributed by atoms with E-state index in [9.17, 15) is 10.1 Å². The van der Waals surface area contributed by atoms with Crippen molar-refractivity contribution in [2.45, 2.75) is 26.7 Å². The number of nitrogens with one attached hydrogen (secondary N) is 1. The largest absolute Gasteiger partial charge is 0.385 e. The van der Waals surface area contributed by atoms with Crippen molar-refractivity contribution >= 4 is 11.4 Å². The van der Waals surface area contributed by atoms with Gasteiger partial charge in [-0.3, -0.25) is 10.1 Å². The smallest absolute Gasteiger partial charge is 0.269 e. The molecule has 17 heavy (non-hydrogen) atoms. The third kappa shape index (κ3) is 2.96. The van der Waals surface area contributed by atoms with Crippen molar-refractivity contribution in [1.29, 1.82) is 0 Å². The minimum absolute atomic E-state index is 0.156. The van der Waals surface area contributed by atoms with Gasteiger partial charge in [-0.05, 0) is 43.2 Å². The van der Waals surface area contributed by atoms with Gasteiger partial charge in [-0.2, -0.15) is 0 Å². The van der Waals surface area contributed by atoms with Gasteiger partial charge in [0.2, 0.25) is 0 Å². The molecule has 1 unspecified atom stereocenters. The number of nitro benzene ring substituents is 1. The van der Waals surface area contributed by atoms with E-state index in [0.717, 1.165) is 23.7 Å². The van der Waals surface area contributed by atoms with Crippen molar-refractivity contribution in [2.24, 2.45) is 11.8 Å². The van der Waals surface area contributed by atoms with Crippen LogP contribution in [-0.4, -0.2) is 11.5 Å². The lowest BCUT2D eigenvalue weighted by atomic mass is 10.1. The molecule has 0 spiro atoms. The van der Waals surface area contributed by atoms with Crippen LogP contribution < -0.4 is 5.32 Å². The number of rotatable bonds is 5. The average Bonchev–Trinajstić information content (AvgIpc) is 3.10. The van der Waals surface area contributed by atoms with Crippen LogP contribution in [0.5, 0.6) is 0 Å². The van der Waals surface area contributed by atoms with Gasteiger partial charge in [0.05, 0.1) is 4.92 Å². The van der Waals surface area contributed by atoms with Crippen molar-refractivity contribution in [2.75, 3.05) is 11.9 Å². The van der Waals surface area contributed by atoms with Crippen molar-refractivity contribution in [3.8, 4) is 0 Å². The number of anilines is 1. The van der Waals surface area contributed by atoms with E-state index < -0.39 is 0 Å². The fraction of sp³-hybridized carbons (Fsp3) is 0.538. The highest BCUT2D eigenvalue weighted by Gasteiger charge is 2.27. The Kier molecular flexibility index (Phi) is 3.31. The maximum atomic E-state index is 10.6. The lowest BCUT2D eigenvalue weighted by Gasteiger charge is -2.14. The first kappa shape index (κ1) is 11.9. The fourth-order valence-electron chi connectivity index (χ4n) is 2.06. The lowest BCUT2D eigenvalue weighted by Crippen LogP contribution is -2.13. The molecule has 0 heterocycles. The Bertz CT molecular complexity index is 427. The minimum atomic E-state index is -0.358. The summed E-state index contributed by atoms with van der Waals surface area (Å²) in [6.45, 7) is 5.10. The third-order valence-corrected chi connectivity index (χ3v) is 3.46. The van der Waals surface area contributed by atoms with E-state index in [-0.39, 0.29) is 10.6 Å². The number of hydrogen-bond donors (Lipinski definition) is 1. The zero-order valence-electron chi connectivity index (χ0n) is 10.3. The average molecular weight is 234 g/mol. The van der Waals surface area contributed by atoms with Gasteiger partial charge in [0.1, 0.15) is 0 Å². The summed E-state index contributed by atoms with van der Waals surface area (Å²) in [4.78, 5) is 10.3. The zero-order chi connectivity index (χ0) is 12.4. The molecule has 1 aromatic rings. The van der Waals surface area contributed by atoms with Crippen LogP contribution in [0.25, 0.3) is 0 Å². The summed E-state index contributed by atoms with van der Waals surface area (Å²) in [7, 11) is 0. The van der Waals surface area contributed by atoms with Crippen LogP contribution in [0.1, 0.15) is 25.3 Å². The van der Waals surface area contributed by atoms with Crippen molar-refractivity contribution < 1.29 is 4.92 Å². The summed E-state index contributed by atoms with van der Waals surface area (Å²) < 4.78 is 0. The Hall–Kier alpha value is -1.58. The quantitative estimate of drug-likeness (QED) is 0.627. The Morgan fingerprint density at radius 3 is 2.76 bits per heavy atom. The maximum Gasteiger partial charge on any atom is 0.269 e. The van der Waals surface area contributed by atoms with Gasteiger partial charge >= 0.3 is 0 Å². The highest BCUT2D eigenvalue weighted by molar-refractivity contribution is 5.55. The Morgan fingerprint density at radius 1 is 1.53 bits per heavy atom. The van der Waals surface area contributed by atoms with E-state index in [1.807, 2.05) is 6.92 Å². The molecule has 0 bridgehead atoms. The molecular weight excluding hydrogens is 216 g/mol. The van der Waals surface area contributed by atoms with E-state index in [4.69, 9.17) is 0 Å². The highest BCUT2D eigenvalue weighted by atomic mass is 16.6. The number of nitrogens with zero attached hydrogens (tertiary/aromatic N) is 1. The molecule has 1 saturated carbocycles. The summed E-state index contributed by atoms with van der Waals surface area (Å²) in [6.07, 6.45) is 2.70. The number of non-ortho nitro benzene ring substituents is 1. The summed E-state index contributed by atoms with van der Waals surface area (Å²) in [6, 6.07) is 4.97. The van der Waals surface area contributed by atoms with Crippen LogP contribution in [0, 0.1) is 28.9 Å². The van der Waals surface area contributed by atoms with Gasteiger partial charge in [0.15, 0.2) is 0 Å². The van der Waals surface area contributed by atoms with Crippen LogP contribution in [-0.2, 0) is 0 Å². The normalized spacial score (nSPS) is 16.6. The van der Waals surface area contributed by atoms with Crippen LogP contribution in [0.2, 0.25) is 0 Å². The van der Waals surface area contributed by atoms with Crippen molar-refractivity contribution in [1.82, 2.24) is 0 Å². The van der Waals surface area contributed by atoms with Gasteiger partial charge in [0, 0.05) is 24.4 Å². The minimum Gasteiger partial charge on any atom is -0.385 e. The molecule has 1 fully saturated rings. The highest BCUT2D eigenvalue weighted by Crippen LogP contribution is 2.36. The van der Waals surface area contributed by atoms with Gasteiger partial charge in [-0.25, -0.2) is 0 Å². The van der Waals surface area contributed by atoms with E-state index in [1.165, 1.54) is 12.8 Å². The summed E-state index contributed by atoms with van der Waals surface area (Å²) in [5.74, 6) is 1.56. The van der Waals surface area contributed by atoms with E-state index in [1.54, 1.807) is 18.2 Å². The molecule has 1 N–H and O–H groups in total. The molecule has 0 amide bonds. The first-order valence-electron chi connectivity index (χ1n) is 6.07. The molecule has 0 radical (unpaired) electrons. The second kappa shape index (κ2) is 4.73. The second-order valence-electron chi connectivity index (χ2n) is 4.95. The molecule has 2 rings (SSSR count). The fourth-order valence-corrected chi connectivity index (χ4v) is 2.06. The monoisotopic (exact) mass is 234 g/mol. The first-order chi connectivity index (χ1) is 8.08. The van der Waals surface area contributed by atoms with Crippen molar-refractivity contribution in [3.63, 3.8) is 0 Å². The maximum absolute atomic E-state index is 10.6. The van der Waals surface area contributed by atoms with Gasteiger partial charge < -0.3 is 5.32 Å². The van der Waals surface area contributed by atoms with Crippen LogP contribution in [0.15, 0.2) is 18.2 Å². The second-order valence-corrected chi connectivity index (χ2v) is 4.95. The molecular formula is C13H18N2O2. The molecule has 1 atom stereocenters. The standard InChI is InChI=1S/C13H18N2O2/c1-9-7-12(15(16)17)5-6-13(9)14-8-10(2)11-3-4-11/h5-7,10-11,14H,3-4,8H2,1-2H3. The molecule has 0 aliphatic heterocycles. The molecule has 92 valence electrons. The predicted octanol–water partition coefficient (Wildman–Crippen LogP) is 3.36. The van der Waals surface area contributed by atoms with Gasteiger partial charge in [-0.1, -0.05) is 6.92 Å². The Morgan fingerprint density at radius 2 is 2.24 bits per heavy atom. The third-order valence-electron chi connectivity index (χ3n) is 3.46. The predicted molar refractivity (Wildman–Crippen MR) is 68.2 cm³/mol. The molecule has 4 heteroatoms. The molecule has 1 aliphatic carbocycles. The molecule has 0 aromatic heterocycles.